The quantitative estimate of drug-likeness (QED) is 0.715. The predicted molar refractivity (Wildman–Crippen MR) is 103 cm³/mol. The van der Waals surface area contributed by atoms with E-state index in [1.165, 1.54) is 11.8 Å². The zero-order valence-electron chi connectivity index (χ0n) is 14.1. The number of pyridine rings is 1. The molecule has 0 spiro atoms. The van der Waals surface area contributed by atoms with E-state index in [0.717, 1.165) is 14.4 Å². The van der Waals surface area contributed by atoms with E-state index < -0.39 is 0 Å². The highest BCUT2D eigenvalue weighted by Gasteiger charge is 2.13. The third-order valence-electron chi connectivity index (χ3n) is 3.13. The molecule has 2 amide bonds. The number of amides is 2. The van der Waals surface area contributed by atoms with E-state index in [-0.39, 0.29) is 24.3 Å². The van der Waals surface area contributed by atoms with E-state index in [1.807, 2.05) is 44.2 Å². The van der Waals surface area contributed by atoms with Crippen LogP contribution in [0.2, 0.25) is 0 Å². The van der Waals surface area contributed by atoms with Gasteiger partial charge in [-0.1, -0.05) is 23.9 Å². The van der Waals surface area contributed by atoms with Gasteiger partial charge >= 0.3 is 0 Å². The molecule has 5 nitrogen and oxygen atoms in total. The molecule has 0 aliphatic heterocycles. The summed E-state index contributed by atoms with van der Waals surface area (Å²) in [6.07, 6.45) is 1.98. The Morgan fingerprint density at radius 2 is 1.96 bits per heavy atom. The number of carbonyl (C=O) groups excluding carboxylic acids is 2. The van der Waals surface area contributed by atoms with Gasteiger partial charge in [0.1, 0.15) is 5.03 Å². The van der Waals surface area contributed by atoms with Gasteiger partial charge in [-0.05, 0) is 54.0 Å². The second-order valence-electron chi connectivity index (χ2n) is 5.64. The highest BCUT2D eigenvalue weighted by atomic mass is 79.9. The lowest BCUT2D eigenvalue weighted by molar-refractivity contribution is -0.121. The zero-order valence-corrected chi connectivity index (χ0v) is 16.5. The normalized spacial score (nSPS) is 10.6. The fourth-order valence-corrected chi connectivity index (χ4v) is 3.18. The molecule has 25 heavy (non-hydrogen) atoms. The minimum atomic E-state index is -0.197. The number of halogens is 1. The van der Waals surface area contributed by atoms with Crippen LogP contribution in [0.25, 0.3) is 0 Å². The molecule has 0 radical (unpaired) electrons. The molecule has 0 unspecified atom stereocenters. The van der Waals surface area contributed by atoms with Gasteiger partial charge in [0, 0.05) is 34.6 Å². The van der Waals surface area contributed by atoms with Gasteiger partial charge in [0.2, 0.25) is 5.91 Å². The summed E-state index contributed by atoms with van der Waals surface area (Å²) >= 11 is 4.78. The van der Waals surface area contributed by atoms with Crippen molar-refractivity contribution < 1.29 is 9.59 Å². The molecule has 2 N–H and O–H groups in total. The number of nitrogens with zero attached hydrogens (tertiary/aromatic N) is 1. The van der Waals surface area contributed by atoms with Crippen molar-refractivity contribution >= 4 is 39.5 Å². The van der Waals surface area contributed by atoms with Crippen LogP contribution in [0.1, 0.15) is 30.6 Å². The smallest absolute Gasteiger partial charge is 0.252 e. The van der Waals surface area contributed by atoms with Crippen LogP contribution in [-0.2, 0) is 4.79 Å². The zero-order chi connectivity index (χ0) is 18.2. The van der Waals surface area contributed by atoms with E-state index in [4.69, 9.17) is 0 Å². The maximum atomic E-state index is 12.4. The molecule has 7 heteroatoms. The van der Waals surface area contributed by atoms with Gasteiger partial charge in [-0.15, -0.1) is 0 Å². The summed E-state index contributed by atoms with van der Waals surface area (Å²) in [7, 11) is 0. The molecule has 132 valence electrons. The van der Waals surface area contributed by atoms with E-state index >= 15 is 0 Å². The van der Waals surface area contributed by atoms with E-state index in [9.17, 15) is 9.59 Å². The first-order chi connectivity index (χ1) is 12.0. The van der Waals surface area contributed by atoms with Gasteiger partial charge in [0.25, 0.3) is 5.91 Å². The van der Waals surface area contributed by atoms with Crippen molar-refractivity contribution in [1.82, 2.24) is 15.6 Å². The second-order valence-corrected chi connectivity index (χ2v) is 7.62. The van der Waals surface area contributed by atoms with Crippen LogP contribution in [0.4, 0.5) is 0 Å². The maximum Gasteiger partial charge on any atom is 0.252 e. The van der Waals surface area contributed by atoms with Crippen LogP contribution in [0.3, 0.4) is 0 Å². The third kappa shape index (κ3) is 6.51. The Morgan fingerprint density at radius 3 is 2.64 bits per heavy atom. The summed E-state index contributed by atoms with van der Waals surface area (Å²) in [5, 5.41) is 6.40. The van der Waals surface area contributed by atoms with E-state index in [1.54, 1.807) is 12.3 Å². The van der Waals surface area contributed by atoms with Crippen molar-refractivity contribution in [3.8, 4) is 0 Å². The van der Waals surface area contributed by atoms with Gasteiger partial charge in [0.15, 0.2) is 0 Å². The molecule has 2 rings (SSSR count). The molecule has 0 fully saturated rings. The second kappa shape index (κ2) is 9.58. The highest BCUT2D eigenvalue weighted by Crippen LogP contribution is 2.29. The molecule has 0 aliphatic carbocycles. The molecular formula is C18H20BrN3O2S. The van der Waals surface area contributed by atoms with Crippen LogP contribution in [0, 0.1) is 0 Å². The first-order valence-corrected chi connectivity index (χ1v) is 9.52. The van der Waals surface area contributed by atoms with Crippen LogP contribution < -0.4 is 10.6 Å². The Morgan fingerprint density at radius 1 is 1.20 bits per heavy atom. The molecule has 0 aliphatic rings. The lowest BCUT2D eigenvalue weighted by atomic mass is 10.2. The minimum absolute atomic E-state index is 0.0722. The monoisotopic (exact) mass is 421 g/mol. The molecule has 1 aromatic carbocycles. The molecule has 2 aromatic rings. The van der Waals surface area contributed by atoms with Gasteiger partial charge < -0.3 is 10.6 Å². The number of benzene rings is 1. The maximum absolute atomic E-state index is 12.4. The topological polar surface area (TPSA) is 71.1 Å². The van der Waals surface area contributed by atoms with E-state index in [0.29, 0.717) is 12.1 Å². The average Bonchev–Trinajstić information content (AvgIpc) is 2.56. The summed E-state index contributed by atoms with van der Waals surface area (Å²) < 4.78 is 0.905. The summed E-state index contributed by atoms with van der Waals surface area (Å²) in [5.41, 5.74) is 0.571. The molecule has 1 heterocycles. The van der Waals surface area contributed by atoms with Crippen LogP contribution in [0.5, 0.6) is 0 Å². The number of nitrogens with one attached hydrogen (secondary N) is 2. The predicted octanol–water partition coefficient (Wildman–Crippen LogP) is 3.64. The Balaban J connectivity index is 1.98. The Hall–Kier alpha value is -1.86. The number of carbonyl (C=O) groups is 2. The molecule has 0 saturated carbocycles. The van der Waals surface area contributed by atoms with E-state index in [2.05, 4.69) is 31.5 Å². The van der Waals surface area contributed by atoms with Crippen molar-refractivity contribution in [2.45, 2.75) is 36.2 Å². The van der Waals surface area contributed by atoms with Crippen LogP contribution in [-0.4, -0.2) is 29.4 Å². The van der Waals surface area contributed by atoms with Gasteiger partial charge in [-0.2, -0.15) is 0 Å². The van der Waals surface area contributed by atoms with Crippen molar-refractivity contribution in [2.75, 3.05) is 6.54 Å². The molecular weight excluding hydrogens is 402 g/mol. The Kier molecular flexibility index (Phi) is 7.46. The van der Waals surface area contributed by atoms with Gasteiger partial charge in [-0.3, -0.25) is 9.59 Å². The summed E-state index contributed by atoms with van der Waals surface area (Å²) in [5.74, 6) is -0.269. The lowest BCUT2D eigenvalue weighted by Crippen LogP contribution is -2.34. The van der Waals surface area contributed by atoms with Gasteiger partial charge in [-0.25, -0.2) is 4.98 Å². The fourth-order valence-electron chi connectivity index (χ4n) is 2.06. The lowest BCUT2D eigenvalue weighted by Gasteiger charge is -2.11. The van der Waals surface area contributed by atoms with Crippen molar-refractivity contribution in [1.29, 1.82) is 0 Å². The third-order valence-corrected chi connectivity index (χ3v) is 4.63. The minimum Gasteiger partial charge on any atom is -0.354 e. The van der Waals surface area contributed by atoms with Crippen LogP contribution >= 0.6 is 27.7 Å². The highest BCUT2D eigenvalue weighted by molar-refractivity contribution is 9.10. The number of hydrogen-bond acceptors (Lipinski definition) is 4. The first kappa shape index (κ1) is 19.5. The number of rotatable bonds is 7. The van der Waals surface area contributed by atoms with Crippen LogP contribution in [0.15, 0.2) is 57.0 Å². The summed E-state index contributed by atoms with van der Waals surface area (Å²) in [6.45, 7) is 4.10. The summed E-state index contributed by atoms with van der Waals surface area (Å²) in [6, 6.07) is 11.2. The van der Waals surface area contributed by atoms with Crippen molar-refractivity contribution in [3.63, 3.8) is 0 Å². The van der Waals surface area contributed by atoms with Crippen molar-refractivity contribution in [3.05, 3.63) is 52.6 Å². The SMILES string of the molecule is CC(C)NC(=O)CCNC(=O)c1ccccc1Sc1ccc(Br)cn1. The average molecular weight is 422 g/mol. The Bertz CT molecular complexity index is 735. The Labute approximate surface area is 160 Å². The fraction of sp³-hybridized carbons (Fsp3) is 0.278. The largest absolute Gasteiger partial charge is 0.354 e. The standard InChI is InChI=1S/C18H20BrN3O2S/c1-12(2)22-16(23)9-10-20-18(24)14-5-3-4-6-15(14)25-17-8-7-13(19)11-21-17/h3-8,11-12H,9-10H2,1-2H3,(H,20,24)(H,22,23). The van der Waals surface area contributed by atoms with Crippen molar-refractivity contribution in [2.24, 2.45) is 0 Å². The number of aromatic nitrogens is 1. The molecule has 1 aromatic heterocycles. The summed E-state index contributed by atoms with van der Waals surface area (Å²) in [4.78, 5) is 29.2. The molecule has 0 bridgehead atoms. The number of hydrogen-bond donors (Lipinski definition) is 2. The van der Waals surface area contributed by atoms with Gasteiger partial charge in [0.05, 0.1) is 5.56 Å². The molecule has 0 saturated heterocycles. The molecule has 0 atom stereocenters. The first-order valence-electron chi connectivity index (χ1n) is 7.91.